The zero-order chi connectivity index (χ0) is 14.5. The third-order valence-electron chi connectivity index (χ3n) is 3.80. The van der Waals surface area contributed by atoms with E-state index in [9.17, 15) is 8.78 Å². The highest BCUT2D eigenvalue weighted by Crippen LogP contribution is 2.14. The number of nitrogens with one attached hydrogen (secondary N) is 1. The lowest BCUT2D eigenvalue weighted by molar-refractivity contribution is 0.179. The largest absolute Gasteiger partial charge is 0.310 e. The predicted octanol–water partition coefficient (Wildman–Crippen LogP) is 3.17. The molecular weight excluding hydrogens is 258 g/mol. The van der Waals surface area contributed by atoms with E-state index in [0.717, 1.165) is 38.5 Å². The molecule has 0 radical (unpaired) electrons. The van der Waals surface area contributed by atoms with Gasteiger partial charge in [-0.15, -0.1) is 0 Å². The molecule has 1 aliphatic heterocycles. The second kappa shape index (κ2) is 7.14. The summed E-state index contributed by atoms with van der Waals surface area (Å²) in [6.45, 7) is 8.18. The molecule has 0 unspecified atom stereocenters. The van der Waals surface area contributed by atoms with Crippen LogP contribution in [0.1, 0.15) is 32.3 Å². The van der Waals surface area contributed by atoms with E-state index in [1.54, 1.807) is 0 Å². The Morgan fingerprint density at radius 3 is 2.60 bits per heavy atom. The fourth-order valence-corrected chi connectivity index (χ4v) is 2.77. The molecule has 1 aliphatic rings. The Bertz CT molecular complexity index is 426. The van der Waals surface area contributed by atoms with Crippen LogP contribution in [0.2, 0.25) is 0 Å². The van der Waals surface area contributed by atoms with Gasteiger partial charge in [0.05, 0.1) is 0 Å². The minimum absolute atomic E-state index is 0.337. The Morgan fingerprint density at radius 2 is 1.95 bits per heavy atom. The topological polar surface area (TPSA) is 15.3 Å². The maximum Gasteiger partial charge on any atom is 0.127 e. The molecule has 0 bridgehead atoms. The Balaban J connectivity index is 1.77. The van der Waals surface area contributed by atoms with Gasteiger partial charge >= 0.3 is 0 Å². The Morgan fingerprint density at radius 1 is 1.25 bits per heavy atom. The second-order valence-electron chi connectivity index (χ2n) is 6.09. The molecule has 112 valence electrons. The van der Waals surface area contributed by atoms with Gasteiger partial charge in [-0.1, -0.05) is 13.8 Å². The van der Waals surface area contributed by atoms with Crippen molar-refractivity contribution in [2.45, 2.75) is 39.3 Å². The first-order valence-electron chi connectivity index (χ1n) is 7.44. The Hall–Kier alpha value is -1.00. The van der Waals surface area contributed by atoms with Gasteiger partial charge in [0.25, 0.3) is 0 Å². The van der Waals surface area contributed by atoms with Crippen molar-refractivity contribution in [3.8, 4) is 0 Å². The van der Waals surface area contributed by atoms with Crippen molar-refractivity contribution in [2.24, 2.45) is 5.92 Å². The molecule has 1 saturated heterocycles. The van der Waals surface area contributed by atoms with E-state index < -0.39 is 0 Å². The van der Waals surface area contributed by atoms with Crippen molar-refractivity contribution >= 4 is 0 Å². The van der Waals surface area contributed by atoms with E-state index >= 15 is 0 Å². The number of rotatable bonds is 5. The SMILES string of the molecule is CC(C)CN1CCC(NCc2cc(F)ccc2F)CC1. The Kier molecular flexibility index (Phi) is 5.49. The van der Waals surface area contributed by atoms with Crippen LogP contribution in [0.5, 0.6) is 0 Å². The molecule has 0 aliphatic carbocycles. The van der Waals surface area contributed by atoms with E-state index in [-0.39, 0.29) is 11.6 Å². The minimum Gasteiger partial charge on any atom is -0.310 e. The zero-order valence-electron chi connectivity index (χ0n) is 12.3. The maximum absolute atomic E-state index is 13.5. The molecule has 2 rings (SSSR count). The molecule has 0 saturated carbocycles. The molecule has 1 aromatic rings. The van der Waals surface area contributed by atoms with Crippen molar-refractivity contribution in [1.29, 1.82) is 0 Å². The lowest BCUT2D eigenvalue weighted by Crippen LogP contribution is -2.43. The summed E-state index contributed by atoms with van der Waals surface area (Å²) in [5.74, 6) is -0.0213. The number of benzene rings is 1. The summed E-state index contributed by atoms with van der Waals surface area (Å²) in [6.07, 6.45) is 2.15. The van der Waals surface area contributed by atoms with E-state index in [1.165, 1.54) is 12.1 Å². The summed E-state index contributed by atoms with van der Waals surface area (Å²) in [6, 6.07) is 4.03. The first-order valence-corrected chi connectivity index (χ1v) is 7.44. The van der Waals surface area contributed by atoms with Crippen LogP contribution in [0.3, 0.4) is 0 Å². The summed E-state index contributed by atoms with van der Waals surface area (Å²) >= 11 is 0. The van der Waals surface area contributed by atoms with E-state index in [0.29, 0.717) is 24.1 Å². The first kappa shape index (κ1) is 15.4. The highest BCUT2D eigenvalue weighted by atomic mass is 19.1. The van der Waals surface area contributed by atoms with Crippen molar-refractivity contribution in [2.75, 3.05) is 19.6 Å². The van der Waals surface area contributed by atoms with Gasteiger partial charge < -0.3 is 10.2 Å². The molecular formula is C16H24F2N2. The first-order chi connectivity index (χ1) is 9.54. The molecule has 1 heterocycles. The molecule has 2 nitrogen and oxygen atoms in total. The predicted molar refractivity (Wildman–Crippen MR) is 77.5 cm³/mol. The number of hydrogen-bond donors (Lipinski definition) is 1. The third-order valence-corrected chi connectivity index (χ3v) is 3.80. The average molecular weight is 282 g/mol. The van der Waals surface area contributed by atoms with Gasteiger partial charge in [0.1, 0.15) is 11.6 Å². The maximum atomic E-state index is 13.5. The standard InChI is InChI=1S/C16H24F2N2/c1-12(2)11-20-7-5-15(6-8-20)19-10-13-9-14(17)3-4-16(13)18/h3-4,9,12,15,19H,5-8,10-11H2,1-2H3. The molecule has 1 fully saturated rings. The highest BCUT2D eigenvalue weighted by Gasteiger charge is 2.19. The molecule has 0 spiro atoms. The van der Waals surface area contributed by atoms with Crippen LogP contribution >= 0.6 is 0 Å². The van der Waals surface area contributed by atoms with Crippen LogP contribution in [0.15, 0.2) is 18.2 Å². The summed E-state index contributed by atoms with van der Waals surface area (Å²) in [7, 11) is 0. The van der Waals surface area contributed by atoms with Crippen molar-refractivity contribution < 1.29 is 8.78 Å². The highest BCUT2D eigenvalue weighted by molar-refractivity contribution is 5.18. The van der Waals surface area contributed by atoms with E-state index in [2.05, 4.69) is 24.1 Å². The van der Waals surface area contributed by atoms with Crippen LogP contribution in [0.4, 0.5) is 8.78 Å². The molecule has 0 atom stereocenters. The second-order valence-corrected chi connectivity index (χ2v) is 6.09. The summed E-state index contributed by atoms with van der Waals surface area (Å²) in [5.41, 5.74) is 0.412. The quantitative estimate of drug-likeness (QED) is 0.892. The normalized spacial score (nSPS) is 17.9. The smallest absolute Gasteiger partial charge is 0.127 e. The van der Waals surface area contributed by atoms with Crippen LogP contribution in [0.25, 0.3) is 0 Å². The van der Waals surface area contributed by atoms with Gasteiger partial charge in [0.15, 0.2) is 0 Å². The molecule has 4 heteroatoms. The zero-order valence-corrected chi connectivity index (χ0v) is 12.3. The number of nitrogens with zero attached hydrogens (tertiary/aromatic N) is 1. The Labute approximate surface area is 120 Å². The van der Waals surface area contributed by atoms with Gasteiger partial charge in [0.2, 0.25) is 0 Å². The van der Waals surface area contributed by atoms with E-state index in [1.807, 2.05) is 0 Å². The minimum atomic E-state index is -0.380. The lowest BCUT2D eigenvalue weighted by atomic mass is 10.0. The van der Waals surface area contributed by atoms with E-state index in [4.69, 9.17) is 0 Å². The number of piperidine rings is 1. The van der Waals surface area contributed by atoms with Gasteiger partial charge in [-0.25, -0.2) is 8.78 Å². The fraction of sp³-hybridized carbons (Fsp3) is 0.625. The lowest BCUT2D eigenvalue weighted by Gasteiger charge is -2.33. The molecule has 20 heavy (non-hydrogen) atoms. The molecule has 1 aromatic carbocycles. The van der Waals surface area contributed by atoms with Crippen LogP contribution < -0.4 is 5.32 Å². The molecule has 0 aromatic heterocycles. The van der Waals surface area contributed by atoms with Crippen molar-refractivity contribution in [3.05, 3.63) is 35.4 Å². The average Bonchev–Trinajstić information content (AvgIpc) is 2.41. The van der Waals surface area contributed by atoms with Crippen molar-refractivity contribution in [1.82, 2.24) is 10.2 Å². The fourth-order valence-electron chi connectivity index (χ4n) is 2.77. The van der Waals surface area contributed by atoms with Gasteiger partial charge in [0, 0.05) is 24.7 Å². The summed E-state index contributed by atoms with van der Waals surface area (Å²) in [4.78, 5) is 2.48. The summed E-state index contributed by atoms with van der Waals surface area (Å²) in [5, 5.41) is 3.35. The van der Waals surface area contributed by atoms with Crippen LogP contribution in [-0.2, 0) is 6.54 Å². The monoisotopic (exact) mass is 282 g/mol. The van der Waals surface area contributed by atoms with Gasteiger partial charge in [-0.3, -0.25) is 0 Å². The van der Waals surface area contributed by atoms with Gasteiger partial charge in [-0.2, -0.15) is 0 Å². The number of likely N-dealkylation sites (tertiary alicyclic amines) is 1. The van der Waals surface area contributed by atoms with Gasteiger partial charge in [-0.05, 0) is 50.0 Å². The molecule has 0 amide bonds. The number of halogens is 2. The number of hydrogen-bond acceptors (Lipinski definition) is 2. The molecule has 1 N–H and O–H groups in total. The third kappa shape index (κ3) is 4.53. The van der Waals surface area contributed by atoms with Crippen LogP contribution in [-0.4, -0.2) is 30.6 Å². The van der Waals surface area contributed by atoms with Crippen LogP contribution in [0, 0.1) is 17.6 Å². The summed E-state index contributed by atoms with van der Waals surface area (Å²) < 4.78 is 26.6. The van der Waals surface area contributed by atoms with Crippen molar-refractivity contribution in [3.63, 3.8) is 0 Å².